The summed E-state index contributed by atoms with van der Waals surface area (Å²) in [5.74, 6) is 0.363. The van der Waals surface area contributed by atoms with Crippen LogP contribution in [0.4, 0.5) is 0 Å². The standard InChI is InChI=1S/C11H18O2/c1-4-5-8(2)10-7-6-9(3)13-11(10)12/h4-5,8-10H,6-7H2,1-3H3/b5-4+/t8-,9+,10+/m0/s1. The van der Waals surface area contributed by atoms with Gasteiger partial charge in [-0.05, 0) is 32.6 Å². The molecule has 1 aliphatic heterocycles. The zero-order valence-corrected chi connectivity index (χ0v) is 8.62. The number of carbonyl (C=O) groups is 1. The molecule has 1 aliphatic rings. The van der Waals surface area contributed by atoms with Gasteiger partial charge in [0.1, 0.15) is 0 Å². The summed E-state index contributed by atoms with van der Waals surface area (Å²) >= 11 is 0. The number of rotatable bonds is 2. The molecule has 0 unspecified atom stereocenters. The summed E-state index contributed by atoms with van der Waals surface area (Å²) in [5, 5.41) is 0. The van der Waals surface area contributed by atoms with E-state index in [1.807, 2.05) is 19.9 Å². The number of carbonyl (C=O) groups excluding carboxylic acids is 1. The molecule has 0 aromatic rings. The van der Waals surface area contributed by atoms with Crippen LogP contribution < -0.4 is 0 Å². The average Bonchev–Trinajstić information content (AvgIpc) is 2.04. The van der Waals surface area contributed by atoms with Crippen molar-refractivity contribution in [1.82, 2.24) is 0 Å². The van der Waals surface area contributed by atoms with Crippen LogP contribution in [0.2, 0.25) is 0 Å². The minimum absolute atomic E-state index is 0.0237. The van der Waals surface area contributed by atoms with Crippen molar-refractivity contribution in [3.05, 3.63) is 12.2 Å². The Kier molecular flexibility index (Phi) is 3.52. The Morgan fingerprint density at radius 3 is 2.77 bits per heavy atom. The predicted octanol–water partition coefficient (Wildman–Crippen LogP) is 2.54. The van der Waals surface area contributed by atoms with E-state index in [0.29, 0.717) is 5.92 Å². The van der Waals surface area contributed by atoms with E-state index in [-0.39, 0.29) is 18.0 Å². The van der Waals surface area contributed by atoms with Crippen molar-refractivity contribution >= 4 is 5.97 Å². The molecule has 2 heteroatoms. The molecule has 1 fully saturated rings. The summed E-state index contributed by atoms with van der Waals surface area (Å²) in [4.78, 5) is 11.5. The topological polar surface area (TPSA) is 26.3 Å². The molecular weight excluding hydrogens is 164 g/mol. The van der Waals surface area contributed by atoms with E-state index in [1.54, 1.807) is 0 Å². The molecule has 0 radical (unpaired) electrons. The third-order valence-electron chi connectivity index (χ3n) is 2.63. The molecule has 1 saturated heterocycles. The van der Waals surface area contributed by atoms with Crippen molar-refractivity contribution < 1.29 is 9.53 Å². The van der Waals surface area contributed by atoms with Crippen molar-refractivity contribution in [2.24, 2.45) is 11.8 Å². The van der Waals surface area contributed by atoms with Gasteiger partial charge in [0.2, 0.25) is 0 Å². The minimum Gasteiger partial charge on any atom is -0.462 e. The second-order valence-electron chi connectivity index (χ2n) is 3.82. The van der Waals surface area contributed by atoms with Crippen LogP contribution in [0, 0.1) is 11.8 Å². The van der Waals surface area contributed by atoms with Crippen molar-refractivity contribution in [3.63, 3.8) is 0 Å². The van der Waals surface area contributed by atoms with E-state index in [9.17, 15) is 4.79 Å². The molecule has 0 spiro atoms. The molecule has 74 valence electrons. The van der Waals surface area contributed by atoms with Crippen LogP contribution in [0.3, 0.4) is 0 Å². The first kappa shape index (κ1) is 10.3. The van der Waals surface area contributed by atoms with Gasteiger partial charge in [-0.1, -0.05) is 19.1 Å². The smallest absolute Gasteiger partial charge is 0.309 e. The van der Waals surface area contributed by atoms with Gasteiger partial charge in [-0.15, -0.1) is 0 Å². The maximum absolute atomic E-state index is 11.5. The maximum atomic E-state index is 11.5. The monoisotopic (exact) mass is 182 g/mol. The van der Waals surface area contributed by atoms with Crippen LogP contribution in [-0.4, -0.2) is 12.1 Å². The third kappa shape index (κ3) is 2.58. The summed E-state index contributed by atoms with van der Waals surface area (Å²) in [7, 11) is 0. The molecule has 0 aliphatic carbocycles. The Balaban J connectivity index is 2.55. The minimum atomic E-state index is -0.0237. The predicted molar refractivity (Wildman–Crippen MR) is 52.3 cm³/mol. The Labute approximate surface area is 80.0 Å². The Bertz CT molecular complexity index is 208. The highest BCUT2D eigenvalue weighted by molar-refractivity contribution is 5.73. The van der Waals surface area contributed by atoms with E-state index in [1.165, 1.54) is 0 Å². The van der Waals surface area contributed by atoms with Crippen LogP contribution in [0.1, 0.15) is 33.6 Å². The largest absolute Gasteiger partial charge is 0.462 e. The quantitative estimate of drug-likeness (QED) is 0.484. The fraction of sp³-hybridized carbons (Fsp3) is 0.727. The molecule has 3 atom stereocenters. The molecule has 0 saturated carbocycles. The molecular formula is C11H18O2. The van der Waals surface area contributed by atoms with Crippen LogP contribution in [0.25, 0.3) is 0 Å². The summed E-state index contributed by atoms with van der Waals surface area (Å²) in [5.41, 5.74) is 0. The second kappa shape index (κ2) is 4.45. The lowest BCUT2D eigenvalue weighted by Gasteiger charge is -2.28. The average molecular weight is 182 g/mol. The van der Waals surface area contributed by atoms with Crippen molar-refractivity contribution in [2.75, 3.05) is 0 Å². The molecule has 0 aromatic carbocycles. The fourth-order valence-corrected chi connectivity index (χ4v) is 1.79. The summed E-state index contributed by atoms with van der Waals surface area (Å²) in [6, 6.07) is 0. The highest BCUT2D eigenvalue weighted by Crippen LogP contribution is 2.27. The van der Waals surface area contributed by atoms with Gasteiger partial charge in [-0.2, -0.15) is 0 Å². The Morgan fingerprint density at radius 2 is 2.23 bits per heavy atom. The number of esters is 1. The number of cyclic esters (lactones) is 1. The highest BCUT2D eigenvalue weighted by Gasteiger charge is 2.30. The number of allylic oxidation sites excluding steroid dienone is 2. The normalized spacial score (nSPS) is 31.8. The molecule has 2 nitrogen and oxygen atoms in total. The highest BCUT2D eigenvalue weighted by atomic mass is 16.5. The number of hydrogen-bond donors (Lipinski definition) is 0. The molecule has 0 bridgehead atoms. The van der Waals surface area contributed by atoms with Gasteiger partial charge in [0.25, 0.3) is 0 Å². The van der Waals surface area contributed by atoms with Crippen LogP contribution in [0.15, 0.2) is 12.2 Å². The zero-order chi connectivity index (χ0) is 9.84. The van der Waals surface area contributed by atoms with Crippen LogP contribution in [0.5, 0.6) is 0 Å². The molecule has 1 heterocycles. The lowest BCUT2D eigenvalue weighted by Crippen LogP contribution is -2.32. The molecule has 1 rings (SSSR count). The lowest BCUT2D eigenvalue weighted by atomic mass is 9.87. The van der Waals surface area contributed by atoms with E-state index in [0.717, 1.165) is 12.8 Å². The van der Waals surface area contributed by atoms with E-state index >= 15 is 0 Å². The van der Waals surface area contributed by atoms with Gasteiger partial charge in [0.15, 0.2) is 0 Å². The van der Waals surface area contributed by atoms with Gasteiger partial charge in [-0.3, -0.25) is 4.79 Å². The van der Waals surface area contributed by atoms with Crippen molar-refractivity contribution in [2.45, 2.75) is 39.7 Å². The first-order valence-electron chi connectivity index (χ1n) is 4.98. The van der Waals surface area contributed by atoms with Gasteiger partial charge < -0.3 is 4.74 Å². The molecule has 13 heavy (non-hydrogen) atoms. The van der Waals surface area contributed by atoms with Gasteiger partial charge in [0.05, 0.1) is 12.0 Å². The zero-order valence-electron chi connectivity index (χ0n) is 8.62. The van der Waals surface area contributed by atoms with Crippen molar-refractivity contribution in [3.8, 4) is 0 Å². The van der Waals surface area contributed by atoms with Gasteiger partial charge in [-0.25, -0.2) is 0 Å². The number of ether oxygens (including phenoxy) is 1. The fourth-order valence-electron chi connectivity index (χ4n) is 1.79. The van der Waals surface area contributed by atoms with Gasteiger partial charge >= 0.3 is 5.97 Å². The molecule has 0 N–H and O–H groups in total. The number of hydrogen-bond acceptors (Lipinski definition) is 2. The second-order valence-corrected chi connectivity index (χ2v) is 3.82. The van der Waals surface area contributed by atoms with Crippen LogP contribution in [-0.2, 0) is 9.53 Å². The van der Waals surface area contributed by atoms with E-state index in [4.69, 9.17) is 4.74 Å². The summed E-state index contributed by atoms with van der Waals surface area (Å²) in [6.07, 6.45) is 6.14. The molecule has 0 aromatic heterocycles. The SMILES string of the molecule is C/C=C/[C@H](C)[C@H]1CC[C@@H](C)OC1=O. The third-order valence-corrected chi connectivity index (χ3v) is 2.63. The summed E-state index contributed by atoms with van der Waals surface area (Å²) in [6.45, 7) is 6.00. The first-order valence-corrected chi connectivity index (χ1v) is 4.98. The molecule has 0 amide bonds. The van der Waals surface area contributed by atoms with Crippen LogP contribution >= 0.6 is 0 Å². The summed E-state index contributed by atoms with van der Waals surface area (Å²) < 4.78 is 5.19. The Morgan fingerprint density at radius 1 is 1.54 bits per heavy atom. The van der Waals surface area contributed by atoms with Crippen molar-refractivity contribution in [1.29, 1.82) is 0 Å². The Hall–Kier alpha value is -0.790. The maximum Gasteiger partial charge on any atom is 0.309 e. The van der Waals surface area contributed by atoms with E-state index in [2.05, 4.69) is 13.0 Å². The van der Waals surface area contributed by atoms with E-state index < -0.39 is 0 Å². The lowest BCUT2D eigenvalue weighted by molar-refractivity contribution is -0.160. The van der Waals surface area contributed by atoms with Gasteiger partial charge in [0, 0.05) is 0 Å². The first-order chi connectivity index (χ1) is 6.15.